The molecule has 0 fully saturated rings. The largest absolute Gasteiger partial charge is 0.346 e. The van der Waals surface area contributed by atoms with Crippen LogP contribution in [0.15, 0.2) is 53.4 Å². The van der Waals surface area contributed by atoms with Gasteiger partial charge in [0.2, 0.25) is 0 Å². The number of hydrogen-bond acceptors (Lipinski definition) is 2. The average Bonchev–Trinajstić information content (AvgIpc) is 2.73. The SMILES string of the molecule is Cc1ccc(S(=O)(=O)Nc2c(C)n(C)c3ccccc23)cc1. The first-order valence-corrected chi connectivity index (χ1v) is 8.52. The maximum absolute atomic E-state index is 12.6. The smallest absolute Gasteiger partial charge is 0.261 e. The van der Waals surface area contributed by atoms with Crippen LogP contribution in [-0.4, -0.2) is 13.0 Å². The van der Waals surface area contributed by atoms with Crippen LogP contribution in [0, 0.1) is 13.8 Å². The Labute approximate surface area is 130 Å². The van der Waals surface area contributed by atoms with Gasteiger partial charge in [-0.25, -0.2) is 8.42 Å². The van der Waals surface area contributed by atoms with Crippen LogP contribution in [0.4, 0.5) is 5.69 Å². The number of anilines is 1. The first-order chi connectivity index (χ1) is 10.4. The molecule has 0 amide bonds. The maximum atomic E-state index is 12.6. The van der Waals surface area contributed by atoms with Crippen LogP contribution in [-0.2, 0) is 17.1 Å². The monoisotopic (exact) mass is 314 g/mol. The van der Waals surface area contributed by atoms with Crippen LogP contribution in [0.3, 0.4) is 0 Å². The van der Waals surface area contributed by atoms with Gasteiger partial charge in [0.15, 0.2) is 0 Å². The van der Waals surface area contributed by atoms with Gasteiger partial charge in [0.05, 0.1) is 16.1 Å². The van der Waals surface area contributed by atoms with E-state index in [-0.39, 0.29) is 4.90 Å². The van der Waals surface area contributed by atoms with E-state index in [9.17, 15) is 8.42 Å². The zero-order valence-corrected chi connectivity index (χ0v) is 13.6. The van der Waals surface area contributed by atoms with Crippen LogP contribution < -0.4 is 4.72 Å². The number of rotatable bonds is 3. The number of nitrogens with zero attached hydrogens (tertiary/aromatic N) is 1. The number of hydrogen-bond donors (Lipinski definition) is 1. The van der Waals surface area contributed by atoms with Gasteiger partial charge in [-0.2, -0.15) is 0 Å². The maximum Gasteiger partial charge on any atom is 0.261 e. The molecule has 1 N–H and O–H groups in total. The Morgan fingerprint density at radius 2 is 1.59 bits per heavy atom. The molecule has 0 saturated carbocycles. The Morgan fingerprint density at radius 3 is 2.27 bits per heavy atom. The molecular formula is C17H18N2O2S. The minimum absolute atomic E-state index is 0.269. The zero-order chi connectivity index (χ0) is 15.9. The Bertz CT molecular complexity index is 939. The molecule has 0 aliphatic rings. The predicted octanol–water partition coefficient (Wildman–Crippen LogP) is 3.60. The van der Waals surface area contributed by atoms with Crippen molar-refractivity contribution in [2.45, 2.75) is 18.7 Å². The second kappa shape index (κ2) is 5.18. The minimum Gasteiger partial charge on any atom is -0.346 e. The number of benzene rings is 2. The summed E-state index contributed by atoms with van der Waals surface area (Å²) in [5.41, 5.74) is 3.55. The lowest BCUT2D eigenvalue weighted by atomic mass is 10.2. The summed E-state index contributed by atoms with van der Waals surface area (Å²) in [6, 6.07) is 14.6. The molecule has 4 nitrogen and oxygen atoms in total. The molecule has 0 saturated heterocycles. The van der Waals surface area contributed by atoms with Crippen molar-refractivity contribution in [2.75, 3.05) is 4.72 Å². The second-order valence-electron chi connectivity index (χ2n) is 5.46. The average molecular weight is 314 g/mol. The lowest BCUT2D eigenvalue weighted by Gasteiger charge is -2.09. The highest BCUT2D eigenvalue weighted by atomic mass is 32.2. The number of aromatic nitrogens is 1. The summed E-state index contributed by atoms with van der Waals surface area (Å²) >= 11 is 0. The lowest BCUT2D eigenvalue weighted by molar-refractivity contribution is 0.601. The Balaban J connectivity index is 2.10. The highest BCUT2D eigenvalue weighted by Crippen LogP contribution is 2.31. The van der Waals surface area contributed by atoms with Gasteiger partial charge in [-0.3, -0.25) is 4.72 Å². The number of para-hydroxylation sites is 1. The van der Waals surface area contributed by atoms with Gasteiger partial charge in [0.1, 0.15) is 0 Å². The summed E-state index contributed by atoms with van der Waals surface area (Å²) in [5, 5.41) is 0.901. The van der Waals surface area contributed by atoms with Crippen molar-refractivity contribution in [1.82, 2.24) is 4.57 Å². The lowest BCUT2D eigenvalue weighted by Crippen LogP contribution is -2.13. The summed E-state index contributed by atoms with van der Waals surface area (Å²) in [4.78, 5) is 0.269. The van der Waals surface area contributed by atoms with Crippen LogP contribution in [0.5, 0.6) is 0 Å². The third-order valence-electron chi connectivity index (χ3n) is 3.97. The summed E-state index contributed by atoms with van der Waals surface area (Å²) in [5.74, 6) is 0. The number of nitrogens with one attached hydrogen (secondary N) is 1. The summed E-state index contributed by atoms with van der Waals surface area (Å²) < 4.78 is 29.9. The van der Waals surface area contributed by atoms with Crippen molar-refractivity contribution in [3.8, 4) is 0 Å². The normalized spacial score (nSPS) is 11.8. The van der Waals surface area contributed by atoms with E-state index in [0.29, 0.717) is 5.69 Å². The predicted molar refractivity (Wildman–Crippen MR) is 89.6 cm³/mol. The molecule has 0 aliphatic carbocycles. The first-order valence-electron chi connectivity index (χ1n) is 7.03. The van der Waals surface area contributed by atoms with E-state index in [2.05, 4.69) is 4.72 Å². The van der Waals surface area contributed by atoms with Crippen LogP contribution in [0.1, 0.15) is 11.3 Å². The Morgan fingerprint density at radius 1 is 0.955 bits per heavy atom. The van der Waals surface area contributed by atoms with Crippen molar-refractivity contribution in [1.29, 1.82) is 0 Å². The second-order valence-corrected chi connectivity index (χ2v) is 7.14. The summed E-state index contributed by atoms with van der Waals surface area (Å²) in [6.45, 7) is 3.84. The number of sulfonamides is 1. The fraction of sp³-hybridized carbons (Fsp3) is 0.176. The van der Waals surface area contributed by atoms with Crippen molar-refractivity contribution in [3.05, 3.63) is 59.8 Å². The van der Waals surface area contributed by atoms with E-state index >= 15 is 0 Å². The molecule has 3 rings (SSSR count). The minimum atomic E-state index is -3.59. The van der Waals surface area contributed by atoms with Crippen molar-refractivity contribution >= 4 is 26.6 Å². The molecule has 0 aliphatic heterocycles. The third kappa shape index (κ3) is 2.37. The first kappa shape index (κ1) is 14.7. The summed E-state index contributed by atoms with van der Waals surface area (Å²) in [6.07, 6.45) is 0. The highest BCUT2D eigenvalue weighted by Gasteiger charge is 2.19. The molecule has 5 heteroatoms. The van der Waals surface area contributed by atoms with Crippen molar-refractivity contribution in [3.63, 3.8) is 0 Å². The van der Waals surface area contributed by atoms with Gasteiger partial charge < -0.3 is 4.57 Å². The van der Waals surface area contributed by atoms with Crippen LogP contribution in [0.25, 0.3) is 10.9 Å². The topological polar surface area (TPSA) is 51.1 Å². The van der Waals surface area contributed by atoms with Crippen LogP contribution >= 0.6 is 0 Å². The van der Waals surface area contributed by atoms with Crippen LogP contribution in [0.2, 0.25) is 0 Å². The number of fused-ring (bicyclic) bond motifs is 1. The van der Waals surface area contributed by atoms with E-state index in [1.165, 1.54) is 0 Å². The molecule has 0 spiro atoms. The summed E-state index contributed by atoms with van der Waals surface area (Å²) in [7, 11) is -1.66. The van der Waals surface area contributed by atoms with E-state index in [4.69, 9.17) is 0 Å². The highest BCUT2D eigenvalue weighted by molar-refractivity contribution is 7.92. The molecule has 1 aromatic heterocycles. The number of aryl methyl sites for hydroxylation is 2. The molecular weight excluding hydrogens is 296 g/mol. The fourth-order valence-electron chi connectivity index (χ4n) is 2.56. The van der Waals surface area contributed by atoms with E-state index < -0.39 is 10.0 Å². The van der Waals surface area contributed by atoms with Gasteiger partial charge in [-0.15, -0.1) is 0 Å². The molecule has 0 unspecified atom stereocenters. The van der Waals surface area contributed by atoms with Gasteiger partial charge in [0, 0.05) is 18.1 Å². The van der Waals surface area contributed by atoms with Crippen molar-refractivity contribution in [2.24, 2.45) is 7.05 Å². The molecule has 0 radical (unpaired) electrons. The standard InChI is InChI=1S/C17H18N2O2S/c1-12-8-10-14(11-9-12)22(20,21)18-17-13(2)19(3)16-7-5-4-6-15(16)17/h4-11,18H,1-3H3. The van der Waals surface area contributed by atoms with E-state index in [1.54, 1.807) is 24.3 Å². The molecule has 0 bridgehead atoms. The van der Waals surface area contributed by atoms with Crippen molar-refractivity contribution < 1.29 is 8.42 Å². The molecule has 0 atom stereocenters. The molecule has 1 heterocycles. The zero-order valence-electron chi connectivity index (χ0n) is 12.8. The Kier molecular flexibility index (Phi) is 3.45. The Hall–Kier alpha value is -2.27. The quantitative estimate of drug-likeness (QED) is 0.803. The third-order valence-corrected chi connectivity index (χ3v) is 5.33. The van der Waals surface area contributed by atoms with E-state index in [0.717, 1.165) is 22.2 Å². The van der Waals surface area contributed by atoms with Gasteiger partial charge >= 0.3 is 0 Å². The molecule has 114 valence electrons. The van der Waals surface area contributed by atoms with Gasteiger partial charge in [-0.1, -0.05) is 35.9 Å². The molecule has 3 aromatic rings. The van der Waals surface area contributed by atoms with E-state index in [1.807, 2.05) is 49.7 Å². The van der Waals surface area contributed by atoms with Gasteiger partial charge in [0.25, 0.3) is 10.0 Å². The molecule has 22 heavy (non-hydrogen) atoms. The fourth-order valence-corrected chi connectivity index (χ4v) is 3.70. The van der Waals surface area contributed by atoms with Gasteiger partial charge in [-0.05, 0) is 32.0 Å². The molecule has 2 aromatic carbocycles.